The first-order valence-electron chi connectivity index (χ1n) is 8.05. The lowest BCUT2D eigenvalue weighted by Gasteiger charge is -2.21. The predicted octanol–water partition coefficient (Wildman–Crippen LogP) is 0.398. The molecule has 0 bridgehead atoms. The van der Waals surface area contributed by atoms with Gasteiger partial charge in [0.2, 0.25) is 5.91 Å². The Balaban J connectivity index is 1.99. The highest BCUT2D eigenvalue weighted by Crippen LogP contribution is 2.18. The van der Waals surface area contributed by atoms with Crippen LogP contribution in [0.5, 0.6) is 0 Å². The molecule has 2 atom stereocenters. The van der Waals surface area contributed by atoms with Gasteiger partial charge in [0, 0.05) is 38.4 Å². The Morgan fingerprint density at radius 3 is 2.87 bits per heavy atom. The fourth-order valence-electron chi connectivity index (χ4n) is 2.86. The maximum atomic E-state index is 12.3. The summed E-state index contributed by atoms with van der Waals surface area (Å²) in [6, 6.07) is -0.281. The molecule has 2 amide bonds. The van der Waals surface area contributed by atoms with Gasteiger partial charge >= 0.3 is 0 Å². The molecule has 0 unspecified atom stereocenters. The Bertz CT molecular complexity index is 569. The maximum absolute atomic E-state index is 12.3. The molecule has 2 N–H and O–H groups in total. The largest absolute Gasteiger partial charge is 0.355 e. The molecule has 0 radical (unpaired) electrons. The maximum Gasteiger partial charge on any atom is 0.254 e. The lowest BCUT2D eigenvalue weighted by molar-refractivity contribution is -0.125. The average Bonchev–Trinajstić information content (AvgIpc) is 3.15. The molecule has 1 aromatic rings. The van der Waals surface area contributed by atoms with Gasteiger partial charge in [-0.2, -0.15) is 5.10 Å². The number of aryl methyl sites for hydroxylation is 1. The number of hydrogen-bond acceptors (Lipinski definition) is 4. The van der Waals surface area contributed by atoms with Gasteiger partial charge in [-0.3, -0.25) is 19.2 Å². The smallest absolute Gasteiger partial charge is 0.254 e. The molecule has 1 aliphatic heterocycles. The van der Waals surface area contributed by atoms with Crippen LogP contribution in [-0.2, 0) is 11.3 Å². The van der Waals surface area contributed by atoms with E-state index in [-0.39, 0.29) is 23.9 Å². The number of carbonyl (C=O) groups excluding carboxylic acids is 2. The van der Waals surface area contributed by atoms with E-state index in [4.69, 9.17) is 0 Å². The van der Waals surface area contributed by atoms with Crippen LogP contribution < -0.4 is 10.6 Å². The second kappa shape index (κ2) is 7.92. The van der Waals surface area contributed by atoms with Crippen molar-refractivity contribution >= 4 is 11.8 Å². The number of carbonyl (C=O) groups is 2. The topological polar surface area (TPSA) is 79.3 Å². The number of rotatable bonds is 7. The van der Waals surface area contributed by atoms with Crippen LogP contribution in [0.25, 0.3) is 0 Å². The molecular weight excluding hydrogens is 294 g/mol. The van der Waals surface area contributed by atoms with E-state index in [2.05, 4.69) is 22.3 Å². The highest BCUT2D eigenvalue weighted by molar-refractivity contribution is 5.94. The van der Waals surface area contributed by atoms with Gasteiger partial charge in [-0.1, -0.05) is 6.08 Å². The standard InChI is InChI=1S/C16H25N5O2/c1-4-7-20-11-13(8-14(20)16(23)17-5-2)19-15(22)12-9-18-21(6-3)10-12/h4,9-10,13-14H,1,5-8,11H2,2-3H3,(H,17,23)(H,19,22)/t13-,14-/m0/s1. The SMILES string of the molecule is C=CCN1C[C@@H](NC(=O)c2cnn(CC)c2)C[C@H]1C(=O)NCC. The first-order valence-corrected chi connectivity index (χ1v) is 8.05. The van der Waals surface area contributed by atoms with E-state index in [1.54, 1.807) is 23.2 Å². The average molecular weight is 319 g/mol. The van der Waals surface area contributed by atoms with Crippen LogP contribution in [0.1, 0.15) is 30.6 Å². The van der Waals surface area contributed by atoms with Gasteiger partial charge in [-0.15, -0.1) is 6.58 Å². The van der Waals surface area contributed by atoms with Crippen LogP contribution in [0.3, 0.4) is 0 Å². The zero-order valence-corrected chi connectivity index (χ0v) is 13.8. The molecular formula is C16H25N5O2. The fourth-order valence-corrected chi connectivity index (χ4v) is 2.86. The summed E-state index contributed by atoms with van der Waals surface area (Å²) in [7, 11) is 0. The minimum atomic E-state index is -0.225. The highest BCUT2D eigenvalue weighted by atomic mass is 16.2. The van der Waals surface area contributed by atoms with Gasteiger partial charge in [0.1, 0.15) is 0 Å². The summed E-state index contributed by atoms with van der Waals surface area (Å²) < 4.78 is 1.71. The Hall–Kier alpha value is -2.15. The molecule has 7 heteroatoms. The number of likely N-dealkylation sites (N-methyl/N-ethyl adjacent to an activating group) is 1. The second-order valence-corrected chi connectivity index (χ2v) is 5.64. The van der Waals surface area contributed by atoms with Gasteiger partial charge < -0.3 is 10.6 Å². The summed E-state index contributed by atoms with van der Waals surface area (Å²) in [5, 5.41) is 9.96. The molecule has 1 fully saturated rings. The van der Waals surface area contributed by atoms with E-state index in [1.807, 2.05) is 18.7 Å². The third-order valence-corrected chi connectivity index (χ3v) is 3.98. The van der Waals surface area contributed by atoms with Crippen molar-refractivity contribution in [2.24, 2.45) is 0 Å². The van der Waals surface area contributed by atoms with Crippen molar-refractivity contribution in [1.82, 2.24) is 25.3 Å². The zero-order valence-electron chi connectivity index (χ0n) is 13.8. The van der Waals surface area contributed by atoms with Crippen LogP contribution >= 0.6 is 0 Å². The van der Waals surface area contributed by atoms with Crippen molar-refractivity contribution in [3.8, 4) is 0 Å². The summed E-state index contributed by atoms with van der Waals surface area (Å²) >= 11 is 0. The van der Waals surface area contributed by atoms with Crippen molar-refractivity contribution in [2.45, 2.75) is 38.9 Å². The second-order valence-electron chi connectivity index (χ2n) is 5.64. The van der Waals surface area contributed by atoms with E-state index in [0.29, 0.717) is 31.6 Å². The number of amides is 2. The quantitative estimate of drug-likeness (QED) is 0.713. The van der Waals surface area contributed by atoms with Crippen LogP contribution in [0.15, 0.2) is 25.0 Å². The van der Waals surface area contributed by atoms with Gasteiger partial charge in [-0.05, 0) is 20.3 Å². The lowest BCUT2D eigenvalue weighted by Crippen LogP contribution is -2.43. The third kappa shape index (κ3) is 4.19. The van der Waals surface area contributed by atoms with E-state index >= 15 is 0 Å². The van der Waals surface area contributed by atoms with E-state index in [1.165, 1.54) is 0 Å². The van der Waals surface area contributed by atoms with Crippen molar-refractivity contribution in [2.75, 3.05) is 19.6 Å². The highest BCUT2D eigenvalue weighted by Gasteiger charge is 2.36. The fraction of sp³-hybridized carbons (Fsp3) is 0.562. The Morgan fingerprint density at radius 2 is 2.26 bits per heavy atom. The molecule has 1 aromatic heterocycles. The van der Waals surface area contributed by atoms with E-state index < -0.39 is 0 Å². The first kappa shape index (κ1) is 17.2. The van der Waals surface area contributed by atoms with Crippen molar-refractivity contribution in [1.29, 1.82) is 0 Å². The third-order valence-electron chi connectivity index (χ3n) is 3.98. The van der Waals surface area contributed by atoms with E-state index in [0.717, 1.165) is 6.54 Å². The number of nitrogens with one attached hydrogen (secondary N) is 2. The molecule has 0 saturated carbocycles. The van der Waals surface area contributed by atoms with Crippen molar-refractivity contribution in [3.63, 3.8) is 0 Å². The van der Waals surface area contributed by atoms with Crippen molar-refractivity contribution < 1.29 is 9.59 Å². The van der Waals surface area contributed by atoms with Crippen LogP contribution in [-0.4, -0.2) is 58.2 Å². The summed E-state index contributed by atoms with van der Waals surface area (Å²) in [4.78, 5) is 26.5. The van der Waals surface area contributed by atoms with E-state index in [9.17, 15) is 9.59 Å². The Morgan fingerprint density at radius 1 is 1.48 bits per heavy atom. The van der Waals surface area contributed by atoms with Crippen LogP contribution in [0, 0.1) is 0 Å². The molecule has 1 saturated heterocycles. The molecule has 23 heavy (non-hydrogen) atoms. The zero-order chi connectivity index (χ0) is 16.8. The Kier molecular flexibility index (Phi) is 5.92. The van der Waals surface area contributed by atoms with Gasteiger partial charge in [-0.25, -0.2) is 0 Å². The summed E-state index contributed by atoms with van der Waals surface area (Å²) in [5.41, 5.74) is 0.545. The van der Waals surface area contributed by atoms with Gasteiger partial charge in [0.25, 0.3) is 5.91 Å². The normalized spacial score (nSPS) is 21.1. The van der Waals surface area contributed by atoms with Crippen LogP contribution in [0.4, 0.5) is 0 Å². The number of aromatic nitrogens is 2. The monoisotopic (exact) mass is 319 g/mol. The number of likely N-dealkylation sites (tertiary alicyclic amines) is 1. The minimum absolute atomic E-state index is 0.00454. The molecule has 7 nitrogen and oxygen atoms in total. The van der Waals surface area contributed by atoms with Gasteiger partial charge in [0.05, 0.1) is 17.8 Å². The number of hydrogen-bond donors (Lipinski definition) is 2. The summed E-state index contributed by atoms with van der Waals surface area (Å²) in [5.74, 6) is -0.144. The summed E-state index contributed by atoms with van der Waals surface area (Å²) in [6.07, 6.45) is 5.68. The first-order chi connectivity index (χ1) is 11.1. The molecule has 0 spiro atoms. The summed E-state index contributed by atoms with van der Waals surface area (Å²) in [6.45, 7) is 10.2. The van der Waals surface area contributed by atoms with Crippen LogP contribution in [0.2, 0.25) is 0 Å². The molecule has 2 heterocycles. The minimum Gasteiger partial charge on any atom is -0.355 e. The Labute approximate surface area is 136 Å². The number of nitrogens with zero attached hydrogens (tertiary/aromatic N) is 3. The van der Waals surface area contributed by atoms with Gasteiger partial charge in [0.15, 0.2) is 0 Å². The molecule has 2 rings (SSSR count). The molecule has 1 aliphatic rings. The molecule has 0 aliphatic carbocycles. The van der Waals surface area contributed by atoms with Crippen molar-refractivity contribution in [3.05, 3.63) is 30.6 Å². The molecule has 126 valence electrons. The predicted molar refractivity (Wildman–Crippen MR) is 88.0 cm³/mol. The molecule has 0 aromatic carbocycles. The lowest BCUT2D eigenvalue weighted by atomic mass is 10.1.